The molecule has 1 amide bonds. The van der Waals surface area contributed by atoms with Crippen molar-refractivity contribution in [1.82, 2.24) is 15.1 Å². The maximum absolute atomic E-state index is 13.4. The maximum Gasteiger partial charge on any atom is 0.240 e. The van der Waals surface area contributed by atoms with Gasteiger partial charge in [-0.05, 0) is 18.2 Å². The molecular formula is C16H22FN3O2S. The summed E-state index contributed by atoms with van der Waals surface area (Å²) >= 11 is 1.76. The minimum Gasteiger partial charge on any atom is -0.496 e. The number of carbonyl (C=O) groups is 1. The highest BCUT2D eigenvalue weighted by molar-refractivity contribution is 7.99. The molecule has 0 radical (unpaired) electrons. The summed E-state index contributed by atoms with van der Waals surface area (Å²) in [6.45, 7) is 3.68. The maximum atomic E-state index is 13.4. The van der Waals surface area contributed by atoms with Gasteiger partial charge < -0.3 is 9.64 Å². The molecule has 5 nitrogen and oxygen atoms in total. The van der Waals surface area contributed by atoms with Gasteiger partial charge in [0.2, 0.25) is 5.91 Å². The highest BCUT2D eigenvalue weighted by Crippen LogP contribution is 2.22. The zero-order valence-corrected chi connectivity index (χ0v) is 14.1. The molecule has 0 bridgehead atoms. The van der Waals surface area contributed by atoms with Crippen LogP contribution in [0, 0.1) is 5.82 Å². The van der Waals surface area contributed by atoms with Crippen molar-refractivity contribution < 1.29 is 13.9 Å². The molecule has 7 heteroatoms. The van der Waals surface area contributed by atoms with E-state index in [1.165, 1.54) is 12.1 Å². The first-order valence-electron chi connectivity index (χ1n) is 7.82. The normalized spacial score (nSPS) is 22.3. The lowest BCUT2D eigenvalue weighted by Gasteiger charge is -2.36. The van der Waals surface area contributed by atoms with Crippen LogP contribution in [0.4, 0.5) is 4.39 Å². The number of hydrogen-bond acceptors (Lipinski definition) is 5. The molecule has 3 rings (SSSR count). The van der Waals surface area contributed by atoms with Gasteiger partial charge >= 0.3 is 0 Å². The van der Waals surface area contributed by atoms with Crippen molar-refractivity contribution in [2.75, 3.05) is 44.9 Å². The van der Waals surface area contributed by atoms with Gasteiger partial charge in [-0.25, -0.2) is 4.39 Å². The smallest absolute Gasteiger partial charge is 0.240 e. The van der Waals surface area contributed by atoms with Gasteiger partial charge in [-0.15, -0.1) is 11.8 Å². The molecule has 2 fully saturated rings. The molecule has 1 atom stereocenters. The van der Waals surface area contributed by atoms with Crippen LogP contribution in [0.1, 0.15) is 5.56 Å². The Morgan fingerprint density at radius 1 is 1.39 bits per heavy atom. The van der Waals surface area contributed by atoms with E-state index >= 15 is 0 Å². The average molecular weight is 339 g/mol. The fraction of sp³-hybridized carbons (Fsp3) is 0.562. The van der Waals surface area contributed by atoms with Gasteiger partial charge in [-0.2, -0.15) is 0 Å². The number of halogens is 1. The van der Waals surface area contributed by atoms with Crippen LogP contribution in [-0.2, 0) is 11.3 Å². The number of hydrogen-bond donors (Lipinski definition) is 1. The molecule has 2 aliphatic rings. The fourth-order valence-corrected chi connectivity index (χ4v) is 3.95. The van der Waals surface area contributed by atoms with Crippen LogP contribution in [0.25, 0.3) is 0 Å². The van der Waals surface area contributed by atoms with Crippen molar-refractivity contribution in [3.63, 3.8) is 0 Å². The van der Waals surface area contributed by atoms with E-state index in [-0.39, 0.29) is 17.8 Å². The van der Waals surface area contributed by atoms with E-state index in [9.17, 15) is 9.18 Å². The summed E-state index contributed by atoms with van der Waals surface area (Å²) in [5.41, 5.74) is 0.848. The Balaban J connectivity index is 1.55. The standard InChI is InChI=1S/C16H22FN3O2S/c1-22-15-3-2-13(17)8-12(15)9-19-4-6-20(7-5-19)16(21)14-10-23-11-18-14/h2-3,8,14,18H,4-7,9-11H2,1H3. The largest absolute Gasteiger partial charge is 0.496 e. The predicted octanol–water partition coefficient (Wildman–Crippen LogP) is 1.14. The number of nitrogens with one attached hydrogen (secondary N) is 1. The summed E-state index contributed by atoms with van der Waals surface area (Å²) in [7, 11) is 1.60. The van der Waals surface area contributed by atoms with E-state index in [2.05, 4.69) is 10.2 Å². The Labute approximate surface area is 140 Å². The molecule has 2 aliphatic heterocycles. The highest BCUT2D eigenvalue weighted by atomic mass is 32.2. The Morgan fingerprint density at radius 2 is 2.17 bits per heavy atom. The van der Waals surface area contributed by atoms with E-state index in [0.29, 0.717) is 12.3 Å². The van der Waals surface area contributed by atoms with Crippen molar-refractivity contribution in [2.24, 2.45) is 0 Å². The summed E-state index contributed by atoms with van der Waals surface area (Å²) in [4.78, 5) is 16.5. The van der Waals surface area contributed by atoms with Gasteiger partial charge in [-0.3, -0.25) is 15.0 Å². The Bertz CT molecular complexity index is 558. The molecular weight excluding hydrogens is 317 g/mol. The van der Waals surface area contributed by atoms with Crippen molar-refractivity contribution in [3.8, 4) is 5.75 Å². The van der Waals surface area contributed by atoms with E-state index in [4.69, 9.17) is 4.74 Å². The summed E-state index contributed by atoms with van der Waals surface area (Å²) in [5.74, 6) is 2.38. The second-order valence-corrected chi connectivity index (χ2v) is 6.86. The van der Waals surface area contributed by atoms with E-state index in [1.54, 1.807) is 24.9 Å². The van der Waals surface area contributed by atoms with Crippen LogP contribution in [-0.4, -0.2) is 66.7 Å². The Hall–Kier alpha value is -1.31. The number of methoxy groups -OCH3 is 1. The zero-order chi connectivity index (χ0) is 16.2. The first-order valence-corrected chi connectivity index (χ1v) is 8.97. The molecule has 0 aliphatic carbocycles. The van der Waals surface area contributed by atoms with Gasteiger partial charge in [-0.1, -0.05) is 0 Å². The molecule has 1 aromatic carbocycles. The Morgan fingerprint density at radius 3 is 2.83 bits per heavy atom. The minimum atomic E-state index is -0.251. The summed E-state index contributed by atoms with van der Waals surface area (Å²) in [5, 5.41) is 3.23. The lowest BCUT2D eigenvalue weighted by Crippen LogP contribution is -2.53. The fourth-order valence-electron chi connectivity index (χ4n) is 3.01. The molecule has 23 heavy (non-hydrogen) atoms. The molecule has 1 unspecified atom stereocenters. The van der Waals surface area contributed by atoms with E-state index in [1.807, 2.05) is 4.90 Å². The average Bonchev–Trinajstić information content (AvgIpc) is 3.10. The van der Waals surface area contributed by atoms with Crippen LogP contribution in [0.5, 0.6) is 5.75 Å². The van der Waals surface area contributed by atoms with Crippen molar-refractivity contribution in [3.05, 3.63) is 29.6 Å². The molecule has 1 N–H and O–H groups in total. The molecule has 2 heterocycles. The van der Waals surface area contributed by atoms with Crippen molar-refractivity contribution >= 4 is 17.7 Å². The van der Waals surface area contributed by atoms with Crippen molar-refractivity contribution in [1.29, 1.82) is 0 Å². The zero-order valence-electron chi connectivity index (χ0n) is 13.3. The number of piperazine rings is 1. The number of carbonyl (C=O) groups excluding carboxylic acids is 1. The first-order chi connectivity index (χ1) is 11.2. The van der Waals surface area contributed by atoms with Crippen LogP contribution in [0.15, 0.2) is 18.2 Å². The van der Waals surface area contributed by atoms with Crippen molar-refractivity contribution in [2.45, 2.75) is 12.6 Å². The molecule has 126 valence electrons. The van der Waals surface area contributed by atoms with Gasteiger partial charge in [0.1, 0.15) is 11.6 Å². The van der Waals surface area contributed by atoms with Gasteiger partial charge in [0.05, 0.1) is 13.2 Å². The SMILES string of the molecule is COc1ccc(F)cc1CN1CCN(C(=O)C2CSCN2)CC1. The number of thioether (sulfide) groups is 1. The van der Waals surface area contributed by atoms with Gasteiger partial charge in [0, 0.05) is 49.9 Å². The lowest BCUT2D eigenvalue weighted by molar-refractivity contribution is -0.134. The highest BCUT2D eigenvalue weighted by Gasteiger charge is 2.29. The van der Waals surface area contributed by atoms with Crippen LogP contribution >= 0.6 is 11.8 Å². The van der Waals surface area contributed by atoms with Crippen LogP contribution in [0.2, 0.25) is 0 Å². The predicted molar refractivity (Wildman–Crippen MR) is 89.1 cm³/mol. The lowest BCUT2D eigenvalue weighted by atomic mass is 10.1. The quantitative estimate of drug-likeness (QED) is 0.891. The number of rotatable bonds is 4. The number of amides is 1. The third kappa shape index (κ3) is 3.97. The molecule has 1 aromatic rings. The minimum absolute atomic E-state index is 0.0325. The number of benzene rings is 1. The summed E-state index contributed by atoms with van der Waals surface area (Å²) in [6.07, 6.45) is 0. The molecule has 2 saturated heterocycles. The molecule has 0 saturated carbocycles. The van der Waals surface area contributed by atoms with Gasteiger partial charge in [0.15, 0.2) is 0 Å². The Kier molecular flexibility index (Phi) is 5.40. The first kappa shape index (κ1) is 16.5. The topological polar surface area (TPSA) is 44.8 Å². The summed E-state index contributed by atoms with van der Waals surface area (Å²) < 4.78 is 18.7. The monoisotopic (exact) mass is 339 g/mol. The number of nitrogens with zero attached hydrogens (tertiary/aromatic N) is 2. The van der Waals surface area contributed by atoms with Crippen LogP contribution in [0.3, 0.4) is 0 Å². The van der Waals surface area contributed by atoms with E-state index < -0.39 is 0 Å². The third-order valence-electron chi connectivity index (χ3n) is 4.33. The van der Waals surface area contributed by atoms with Crippen LogP contribution < -0.4 is 10.1 Å². The summed E-state index contributed by atoms with van der Waals surface area (Å²) in [6, 6.07) is 4.56. The van der Waals surface area contributed by atoms with E-state index in [0.717, 1.165) is 43.4 Å². The second-order valence-electron chi connectivity index (χ2n) is 5.83. The molecule has 0 aromatic heterocycles. The number of ether oxygens (including phenoxy) is 1. The third-order valence-corrected chi connectivity index (χ3v) is 5.27. The second kappa shape index (κ2) is 7.51. The van der Waals surface area contributed by atoms with Gasteiger partial charge in [0.25, 0.3) is 0 Å². The molecule has 0 spiro atoms.